The number of rotatable bonds is 2. The molecule has 4 heteroatoms. The van der Waals surface area contributed by atoms with Crippen molar-refractivity contribution in [1.29, 1.82) is 0 Å². The predicted molar refractivity (Wildman–Crippen MR) is 62.6 cm³/mol. The molecule has 92 valence electrons. The summed E-state index contributed by atoms with van der Waals surface area (Å²) in [6, 6.07) is -0.0475. The minimum absolute atomic E-state index is 0.0475. The number of hydrogen-bond acceptors (Lipinski definition) is 2. The first kappa shape index (κ1) is 13.0. The molecule has 0 unspecified atom stereocenters. The van der Waals surface area contributed by atoms with E-state index in [1.165, 1.54) is 4.90 Å². The van der Waals surface area contributed by atoms with E-state index in [-0.39, 0.29) is 17.7 Å². The van der Waals surface area contributed by atoms with Crippen LogP contribution in [0.3, 0.4) is 0 Å². The van der Waals surface area contributed by atoms with Crippen LogP contribution in [-0.2, 0) is 4.74 Å². The van der Waals surface area contributed by atoms with Gasteiger partial charge < -0.3 is 9.84 Å². The molecule has 16 heavy (non-hydrogen) atoms. The Morgan fingerprint density at radius 3 is 2.44 bits per heavy atom. The first-order chi connectivity index (χ1) is 7.36. The standard InChI is InChI=1S/C12H21NO3/c1-5-10-7-6-9(8-16-10)13(11(14)15)12(2,3)4/h5,9-10H,1,6-8H2,2-4H3,(H,14,15)/t9-,10-/m1/s1. The number of hydrogen-bond donors (Lipinski definition) is 1. The highest BCUT2D eigenvalue weighted by molar-refractivity contribution is 5.66. The molecular formula is C12H21NO3. The molecule has 1 aliphatic rings. The van der Waals surface area contributed by atoms with Crippen LogP contribution >= 0.6 is 0 Å². The number of ether oxygens (including phenoxy) is 1. The van der Waals surface area contributed by atoms with Gasteiger partial charge in [0, 0.05) is 5.54 Å². The maximum atomic E-state index is 11.2. The van der Waals surface area contributed by atoms with Crippen LogP contribution in [0, 0.1) is 0 Å². The van der Waals surface area contributed by atoms with Crippen molar-refractivity contribution >= 4 is 6.09 Å². The first-order valence-electron chi connectivity index (χ1n) is 5.62. The average molecular weight is 227 g/mol. The Kier molecular flexibility index (Phi) is 3.97. The van der Waals surface area contributed by atoms with Crippen molar-refractivity contribution in [2.24, 2.45) is 0 Å². The van der Waals surface area contributed by atoms with Gasteiger partial charge in [0.2, 0.25) is 0 Å². The third-order valence-electron chi connectivity index (χ3n) is 2.84. The largest absolute Gasteiger partial charge is 0.465 e. The molecule has 1 amide bonds. The molecule has 1 heterocycles. The van der Waals surface area contributed by atoms with E-state index >= 15 is 0 Å². The molecule has 0 aromatic carbocycles. The molecule has 4 nitrogen and oxygen atoms in total. The molecule has 1 rings (SSSR count). The van der Waals surface area contributed by atoms with Crippen LogP contribution in [0.4, 0.5) is 4.79 Å². The topological polar surface area (TPSA) is 49.8 Å². The SMILES string of the molecule is C=C[C@@H]1CC[C@@H](N(C(=O)O)C(C)(C)C)CO1. The van der Waals surface area contributed by atoms with E-state index in [0.717, 1.165) is 12.8 Å². The van der Waals surface area contributed by atoms with E-state index in [4.69, 9.17) is 4.74 Å². The molecule has 0 aromatic heterocycles. The zero-order valence-corrected chi connectivity index (χ0v) is 10.3. The highest BCUT2D eigenvalue weighted by Gasteiger charge is 2.35. The van der Waals surface area contributed by atoms with Crippen LogP contribution in [-0.4, -0.2) is 40.4 Å². The van der Waals surface area contributed by atoms with Crippen LogP contribution in [0.2, 0.25) is 0 Å². The molecule has 0 aliphatic carbocycles. The van der Waals surface area contributed by atoms with Gasteiger partial charge in [0.1, 0.15) is 0 Å². The minimum Gasteiger partial charge on any atom is -0.465 e. The summed E-state index contributed by atoms with van der Waals surface area (Å²) in [5.74, 6) is 0. The van der Waals surface area contributed by atoms with Gasteiger partial charge in [0.25, 0.3) is 0 Å². The van der Waals surface area contributed by atoms with E-state index in [1.807, 2.05) is 20.8 Å². The Labute approximate surface area is 96.9 Å². The minimum atomic E-state index is -0.877. The van der Waals surface area contributed by atoms with E-state index in [2.05, 4.69) is 6.58 Å². The fourth-order valence-electron chi connectivity index (χ4n) is 2.14. The van der Waals surface area contributed by atoms with Gasteiger partial charge in [-0.05, 0) is 33.6 Å². The normalized spacial score (nSPS) is 26.2. The van der Waals surface area contributed by atoms with Crippen LogP contribution < -0.4 is 0 Å². The van der Waals surface area contributed by atoms with Crippen molar-refractivity contribution in [2.75, 3.05) is 6.61 Å². The summed E-state index contributed by atoms with van der Waals surface area (Å²) in [6.45, 7) is 9.85. The maximum absolute atomic E-state index is 11.2. The highest BCUT2D eigenvalue weighted by Crippen LogP contribution is 2.25. The van der Waals surface area contributed by atoms with Gasteiger partial charge in [0.05, 0.1) is 18.8 Å². The average Bonchev–Trinajstić information content (AvgIpc) is 2.16. The van der Waals surface area contributed by atoms with Gasteiger partial charge in [-0.3, -0.25) is 4.90 Å². The van der Waals surface area contributed by atoms with Crippen molar-refractivity contribution in [3.63, 3.8) is 0 Å². The monoisotopic (exact) mass is 227 g/mol. The lowest BCUT2D eigenvalue weighted by Gasteiger charge is -2.42. The van der Waals surface area contributed by atoms with Crippen molar-refractivity contribution in [3.05, 3.63) is 12.7 Å². The molecule has 0 saturated carbocycles. The number of carbonyl (C=O) groups is 1. The van der Waals surface area contributed by atoms with E-state index < -0.39 is 6.09 Å². The summed E-state index contributed by atoms with van der Waals surface area (Å²) >= 11 is 0. The zero-order chi connectivity index (χ0) is 12.3. The Bertz CT molecular complexity index is 262. The van der Waals surface area contributed by atoms with Crippen LogP contribution in [0.25, 0.3) is 0 Å². The van der Waals surface area contributed by atoms with Crippen LogP contribution in [0.15, 0.2) is 12.7 Å². The smallest absolute Gasteiger partial charge is 0.408 e. The summed E-state index contributed by atoms with van der Waals surface area (Å²) in [5.41, 5.74) is -0.388. The maximum Gasteiger partial charge on any atom is 0.408 e. The second kappa shape index (κ2) is 4.87. The van der Waals surface area contributed by atoms with Crippen molar-refractivity contribution in [2.45, 2.75) is 51.3 Å². The predicted octanol–water partition coefficient (Wildman–Crippen LogP) is 2.50. The first-order valence-corrected chi connectivity index (χ1v) is 5.62. The Morgan fingerprint density at radius 2 is 2.12 bits per heavy atom. The second-order valence-electron chi connectivity index (χ2n) is 5.16. The van der Waals surface area contributed by atoms with Crippen LogP contribution in [0.1, 0.15) is 33.6 Å². The Hall–Kier alpha value is -1.03. The molecule has 1 aliphatic heterocycles. The molecule has 2 atom stereocenters. The zero-order valence-electron chi connectivity index (χ0n) is 10.3. The molecule has 1 fully saturated rings. The van der Waals surface area contributed by atoms with E-state index in [0.29, 0.717) is 6.61 Å². The number of amides is 1. The fourth-order valence-corrected chi connectivity index (χ4v) is 2.14. The summed E-state index contributed by atoms with van der Waals surface area (Å²) in [7, 11) is 0. The summed E-state index contributed by atoms with van der Waals surface area (Å²) in [5, 5.41) is 9.23. The quantitative estimate of drug-likeness (QED) is 0.737. The van der Waals surface area contributed by atoms with Crippen molar-refractivity contribution in [3.8, 4) is 0 Å². The summed E-state index contributed by atoms with van der Waals surface area (Å²) in [4.78, 5) is 12.7. The Morgan fingerprint density at radius 1 is 1.50 bits per heavy atom. The summed E-state index contributed by atoms with van der Waals surface area (Å²) < 4.78 is 5.54. The lowest BCUT2D eigenvalue weighted by molar-refractivity contribution is -0.0333. The van der Waals surface area contributed by atoms with Gasteiger partial charge in [-0.25, -0.2) is 4.79 Å². The van der Waals surface area contributed by atoms with Gasteiger partial charge >= 0.3 is 6.09 Å². The second-order valence-corrected chi connectivity index (χ2v) is 5.16. The third-order valence-corrected chi connectivity index (χ3v) is 2.84. The molecule has 0 radical (unpaired) electrons. The molecule has 0 spiro atoms. The molecule has 1 saturated heterocycles. The molecule has 0 bridgehead atoms. The lowest BCUT2D eigenvalue weighted by Crippen LogP contribution is -2.54. The summed E-state index contributed by atoms with van der Waals surface area (Å²) in [6.07, 6.45) is 2.65. The van der Waals surface area contributed by atoms with E-state index in [1.54, 1.807) is 6.08 Å². The highest BCUT2D eigenvalue weighted by atomic mass is 16.5. The molecule has 1 N–H and O–H groups in total. The van der Waals surface area contributed by atoms with Crippen molar-refractivity contribution < 1.29 is 14.6 Å². The fraction of sp³-hybridized carbons (Fsp3) is 0.750. The van der Waals surface area contributed by atoms with Gasteiger partial charge in [-0.1, -0.05) is 6.08 Å². The third kappa shape index (κ3) is 2.98. The molecular weight excluding hydrogens is 206 g/mol. The number of carboxylic acid groups (broad SMARTS) is 1. The van der Waals surface area contributed by atoms with Gasteiger partial charge in [0.15, 0.2) is 0 Å². The Balaban J connectivity index is 2.68. The van der Waals surface area contributed by atoms with Gasteiger partial charge in [-0.2, -0.15) is 0 Å². The van der Waals surface area contributed by atoms with Crippen molar-refractivity contribution in [1.82, 2.24) is 4.90 Å². The van der Waals surface area contributed by atoms with Gasteiger partial charge in [-0.15, -0.1) is 6.58 Å². The van der Waals surface area contributed by atoms with E-state index in [9.17, 15) is 9.90 Å². The number of nitrogens with zero attached hydrogens (tertiary/aromatic N) is 1. The lowest BCUT2D eigenvalue weighted by atomic mass is 9.98. The molecule has 0 aromatic rings. The van der Waals surface area contributed by atoms with Crippen LogP contribution in [0.5, 0.6) is 0 Å².